The van der Waals surface area contributed by atoms with Gasteiger partial charge in [0, 0.05) is 0 Å². The Labute approximate surface area is 101 Å². The van der Waals surface area contributed by atoms with Gasteiger partial charge in [-0.25, -0.2) is 0 Å². The maximum atomic E-state index is 5.20. The Morgan fingerprint density at radius 1 is 0.882 bits per heavy atom. The van der Waals surface area contributed by atoms with Crippen LogP contribution in [0.5, 0.6) is 0 Å². The molecule has 0 saturated heterocycles. The molecule has 8 nitrogen and oxygen atoms in total. The van der Waals surface area contributed by atoms with E-state index in [1.807, 2.05) is 0 Å². The molecule has 0 spiro atoms. The Morgan fingerprint density at radius 3 is 1.88 bits per heavy atom. The molecule has 8 heteroatoms. The average Bonchev–Trinajstić information content (AvgIpc) is 2.25. The van der Waals surface area contributed by atoms with Crippen LogP contribution in [-0.2, 0) is 0 Å². The van der Waals surface area contributed by atoms with Gasteiger partial charge in [-0.1, -0.05) is 13.3 Å². The smallest absolute Gasteiger partial charge is 0.211 e. The Balaban J connectivity index is 4.91. The molecule has 0 unspecified atom stereocenters. The van der Waals surface area contributed by atoms with Gasteiger partial charge >= 0.3 is 0 Å². The van der Waals surface area contributed by atoms with Crippen LogP contribution in [0.15, 0.2) is 20.4 Å². The lowest BCUT2D eigenvalue weighted by molar-refractivity contribution is 0.835. The molecular weight excluding hydrogens is 220 g/mol. The molecule has 0 radical (unpaired) electrons. The average molecular weight is 240 g/mol. The lowest BCUT2D eigenvalue weighted by Gasteiger charge is -2.02. The van der Waals surface area contributed by atoms with Crippen LogP contribution in [0.25, 0.3) is 0 Å². The van der Waals surface area contributed by atoms with Crippen molar-refractivity contribution in [2.75, 3.05) is 0 Å². The summed E-state index contributed by atoms with van der Waals surface area (Å²) in [6.45, 7) is 3.81. The highest BCUT2D eigenvalue weighted by Gasteiger charge is 2.04. The third kappa shape index (κ3) is 7.77. The quantitative estimate of drug-likeness (QED) is 0.279. The zero-order valence-electron chi connectivity index (χ0n) is 10.2. The summed E-state index contributed by atoms with van der Waals surface area (Å²) in [7, 11) is 0. The lowest BCUT2D eigenvalue weighted by Crippen LogP contribution is -2.23. The van der Waals surface area contributed by atoms with E-state index in [1.165, 1.54) is 0 Å². The number of nitrogens with two attached hydrogens (primary N) is 4. The van der Waals surface area contributed by atoms with Crippen LogP contribution in [0.2, 0.25) is 0 Å². The maximum Gasteiger partial charge on any atom is 0.211 e. The fourth-order valence-corrected chi connectivity index (χ4v) is 0.956. The number of unbranched alkanes of at least 4 members (excludes halogenated alkanes) is 1. The normalized spacial score (nSPS) is 12.1. The van der Waals surface area contributed by atoms with Gasteiger partial charge in [0.15, 0.2) is 0 Å². The van der Waals surface area contributed by atoms with Crippen molar-refractivity contribution in [1.29, 1.82) is 0 Å². The first kappa shape index (κ1) is 14.9. The molecule has 0 aliphatic carbocycles. The van der Waals surface area contributed by atoms with Crippen LogP contribution in [0.3, 0.4) is 0 Å². The summed E-state index contributed by atoms with van der Waals surface area (Å²) in [5.41, 5.74) is 22.0. The van der Waals surface area contributed by atoms with E-state index in [4.69, 9.17) is 22.9 Å². The molecular formula is C9H20N8. The highest BCUT2D eigenvalue weighted by atomic mass is 15.3. The molecule has 8 N–H and O–H groups in total. The molecule has 0 rings (SSSR count). The zero-order chi connectivity index (χ0) is 13.3. The predicted octanol–water partition coefficient (Wildman–Crippen LogP) is -0.545. The van der Waals surface area contributed by atoms with Crippen molar-refractivity contribution in [1.82, 2.24) is 0 Å². The number of hydrogen-bond donors (Lipinski definition) is 4. The number of hydrogen-bond acceptors (Lipinski definition) is 4. The van der Waals surface area contributed by atoms with Gasteiger partial charge < -0.3 is 22.9 Å². The molecule has 96 valence electrons. The van der Waals surface area contributed by atoms with Crippen LogP contribution in [0.4, 0.5) is 0 Å². The SMILES string of the molecule is CCCCC(=N/N=C(N)N)/C(C)=N\N=C(N)N. The van der Waals surface area contributed by atoms with Crippen molar-refractivity contribution in [3.8, 4) is 0 Å². The van der Waals surface area contributed by atoms with E-state index in [1.54, 1.807) is 6.92 Å². The lowest BCUT2D eigenvalue weighted by atomic mass is 10.1. The van der Waals surface area contributed by atoms with Crippen molar-refractivity contribution in [2.45, 2.75) is 33.1 Å². The van der Waals surface area contributed by atoms with E-state index in [-0.39, 0.29) is 11.9 Å². The van der Waals surface area contributed by atoms with Crippen molar-refractivity contribution in [3.05, 3.63) is 0 Å². The molecule has 17 heavy (non-hydrogen) atoms. The summed E-state index contributed by atoms with van der Waals surface area (Å²) in [6.07, 6.45) is 2.69. The second-order valence-electron chi connectivity index (χ2n) is 3.39. The highest BCUT2D eigenvalue weighted by Crippen LogP contribution is 2.00. The number of nitrogens with zero attached hydrogens (tertiary/aromatic N) is 4. The summed E-state index contributed by atoms with van der Waals surface area (Å²) in [5.74, 6) is -0.213. The standard InChI is InChI=1S/C9H20N8/c1-3-4-5-7(15-17-9(12)13)6(2)14-16-8(10)11/h3-5H2,1-2H3,(H4,10,11,16)(H4,12,13,17)/b14-6-,15-7-. The van der Waals surface area contributed by atoms with Crippen LogP contribution < -0.4 is 22.9 Å². The minimum atomic E-state index is -0.110. The fourth-order valence-electron chi connectivity index (χ4n) is 0.956. The first-order valence-electron chi connectivity index (χ1n) is 5.26. The first-order valence-corrected chi connectivity index (χ1v) is 5.26. The first-order chi connectivity index (χ1) is 7.97. The van der Waals surface area contributed by atoms with E-state index in [2.05, 4.69) is 27.3 Å². The van der Waals surface area contributed by atoms with Gasteiger partial charge in [-0.2, -0.15) is 10.2 Å². The summed E-state index contributed by atoms with van der Waals surface area (Å²) >= 11 is 0. The van der Waals surface area contributed by atoms with Gasteiger partial charge in [-0.05, 0) is 19.8 Å². The molecule has 0 atom stereocenters. The summed E-state index contributed by atoms with van der Waals surface area (Å²) < 4.78 is 0. The van der Waals surface area contributed by atoms with Crippen LogP contribution in [0, 0.1) is 0 Å². The van der Waals surface area contributed by atoms with Gasteiger partial charge in [0.2, 0.25) is 11.9 Å². The van der Waals surface area contributed by atoms with Crippen molar-refractivity contribution >= 4 is 23.3 Å². The number of rotatable bonds is 6. The summed E-state index contributed by atoms with van der Waals surface area (Å²) in [5, 5.41) is 14.9. The van der Waals surface area contributed by atoms with Gasteiger partial charge in [0.05, 0.1) is 11.4 Å². The molecule has 0 aliphatic heterocycles. The Hall–Kier alpha value is -2.12. The van der Waals surface area contributed by atoms with E-state index in [0.717, 1.165) is 12.8 Å². The largest absolute Gasteiger partial charge is 0.369 e. The maximum absolute atomic E-state index is 5.20. The van der Waals surface area contributed by atoms with Crippen molar-refractivity contribution < 1.29 is 0 Å². The van der Waals surface area contributed by atoms with Crippen molar-refractivity contribution in [3.63, 3.8) is 0 Å². The summed E-state index contributed by atoms with van der Waals surface area (Å²) in [6, 6.07) is 0. The van der Waals surface area contributed by atoms with Crippen LogP contribution >= 0.6 is 0 Å². The number of guanidine groups is 2. The Kier molecular flexibility index (Phi) is 7.07. The van der Waals surface area contributed by atoms with Crippen LogP contribution in [0.1, 0.15) is 33.1 Å². The third-order valence-electron chi connectivity index (χ3n) is 1.79. The summed E-state index contributed by atoms with van der Waals surface area (Å²) in [4.78, 5) is 0. The zero-order valence-corrected chi connectivity index (χ0v) is 10.2. The molecule has 0 aromatic heterocycles. The highest BCUT2D eigenvalue weighted by molar-refractivity contribution is 6.41. The molecule has 0 aromatic rings. The minimum Gasteiger partial charge on any atom is -0.369 e. The van der Waals surface area contributed by atoms with E-state index in [9.17, 15) is 0 Å². The van der Waals surface area contributed by atoms with E-state index in [0.29, 0.717) is 17.8 Å². The molecule has 0 saturated carbocycles. The molecule has 0 aliphatic rings. The second kappa shape index (κ2) is 8.08. The molecule has 0 bridgehead atoms. The monoisotopic (exact) mass is 240 g/mol. The van der Waals surface area contributed by atoms with Crippen molar-refractivity contribution in [2.24, 2.45) is 43.3 Å². The molecule has 0 amide bonds. The van der Waals surface area contributed by atoms with Gasteiger partial charge in [0.1, 0.15) is 0 Å². The minimum absolute atomic E-state index is 0.103. The third-order valence-corrected chi connectivity index (χ3v) is 1.79. The van der Waals surface area contributed by atoms with Crippen LogP contribution in [-0.4, -0.2) is 23.3 Å². The van der Waals surface area contributed by atoms with Gasteiger partial charge in [-0.15, -0.1) is 10.2 Å². The molecule has 0 heterocycles. The molecule has 0 fully saturated rings. The fraction of sp³-hybridized carbons (Fsp3) is 0.556. The second-order valence-corrected chi connectivity index (χ2v) is 3.39. The predicted molar refractivity (Wildman–Crippen MR) is 71.7 cm³/mol. The van der Waals surface area contributed by atoms with E-state index >= 15 is 0 Å². The Bertz CT molecular complexity index is 344. The van der Waals surface area contributed by atoms with Gasteiger partial charge in [-0.3, -0.25) is 0 Å². The Morgan fingerprint density at radius 2 is 1.41 bits per heavy atom. The topological polar surface area (TPSA) is 154 Å². The van der Waals surface area contributed by atoms with Gasteiger partial charge in [0.25, 0.3) is 0 Å². The molecule has 0 aromatic carbocycles. The van der Waals surface area contributed by atoms with E-state index < -0.39 is 0 Å².